The molecule has 3 aromatic heterocycles. The number of nitrogens with one attached hydrogen (secondary N) is 1. The van der Waals surface area contributed by atoms with E-state index >= 15 is 0 Å². The van der Waals surface area contributed by atoms with Gasteiger partial charge in [0, 0.05) is 25.6 Å². The average molecular weight is 404 g/mol. The molecule has 8 nitrogen and oxygen atoms in total. The topological polar surface area (TPSA) is 103 Å². The van der Waals surface area contributed by atoms with Crippen LogP contribution in [0.3, 0.4) is 0 Å². The van der Waals surface area contributed by atoms with Gasteiger partial charge in [-0.25, -0.2) is 4.98 Å². The molecule has 0 aliphatic heterocycles. The van der Waals surface area contributed by atoms with Gasteiger partial charge in [0.15, 0.2) is 28.9 Å². The molecule has 0 aliphatic carbocycles. The first kappa shape index (κ1) is 19.4. The molecule has 0 bridgehead atoms. The number of anilines is 1. The van der Waals surface area contributed by atoms with Crippen LogP contribution in [0.15, 0.2) is 57.6 Å². The first-order chi connectivity index (χ1) is 14.4. The van der Waals surface area contributed by atoms with Crippen LogP contribution in [-0.2, 0) is 6.54 Å². The number of hydrogen-bond acceptors (Lipinski definition) is 6. The van der Waals surface area contributed by atoms with E-state index in [4.69, 9.17) is 8.83 Å². The summed E-state index contributed by atoms with van der Waals surface area (Å²) in [5.41, 5.74) is 2.56. The number of ketones is 1. The molecule has 0 spiro atoms. The van der Waals surface area contributed by atoms with Gasteiger partial charge in [-0.3, -0.25) is 14.3 Å². The Labute approximate surface area is 172 Å². The van der Waals surface area contributed by atoms with E-state index < -0.39 is 0 Å². The highest BCUT2D eigenvalue weighted by molar-refractivity contribution is 6.06. The van der Waals surface area contributed by atoms with Crippen LogP contribution >= 0.6 is 0 Å². The molecule has 4 aromatic rings. The van der Waals surface area contributed by atoms with Gasteiger partial charge >= 0.3 is 0 Å². The van der Waals surface area contributed by atoms with Crippen molar-refractivity contribution in [2.24, 2.45) is 0 Å². The molecule has 3 heterocycles. The van der Waals surface area contributed by atoms with Gasteiger partial charge < -0.3 is 14.2 Å². The Morgan fingerprint density at radius 2 is 1.97 bits per heavy atom. The average Bonchev–Trinajstić information content (AvgIpc) is 3.42. The third kappa shape index (κ3) is 4.07. The predicted octanol–water partition coefficient (Wildman–Crippen LogP) is 4.25. The van der Waals surface area contributed by atoms with Gasteiger partial charge in [-0.05, 0) is 25.1 Å². The Morgan fingerprint density at radius 1 is 1.13 bits per heavy atom. The van der Waals surface area contributed by atoms with Gasteiger partial charge in [0.05, 0.1) is 18.4 Å². The van der Waals surface area contributed by atoms with Crippen molar-refractivity contribution in [3.63, 3.8) is 0 Å². The molecule has 0 radical (unpaired) electrons. The van der Waals surface area contributed by atoms with Crippen LogP contribution in [0, 0.1) is 13.8 Å². The maximum Gasteiger partial charge on any atom is 0.278 e. The van der Waals surface area contributed by atoms with E-state index in [2.05, 4.69) is 15.4 Å². The van der Waals surface area contributed by atoms with Crippen LogP contribution in [0.4, 0.5) is 5.69 Å². The first-order valence-corrected chi connectivity index (χ1v) is 9.37. The Bertz CT molecular complexity index is 1230. The molecule has 0 atom stereocenters. The third-order valence-electron chi connectivity index (χ3n) is 4.45. The number of benzene rings is 1. The second-order valence-electron chi connectivity index (χ2n) is 6.98. The van der Waals surface area contributed by atoms with Crippen molar-refractivity contribution in [2.45, 2.75) is 27.3 Å². The Morgan fingerprint density at radius 3 is 2.70 bits per heavy atom. The standard InChI is InChI=1S/C22H20N4O4/c1-13-5-4-6-16(9-13)21-20(24-15(3)29-21)22(28)25-17-10-23-26(11-17)12-18-7-8-19(30-18)14(2)27/h4-11H,12H2,1-3H3,(H,25,28). The van der Waals surface area contributed by atoms with Crippen LogP contribution in [0.2, 0.25) is 0 Å². The number of carbonyl (C=O) groups excluding carboxylic acids is 2. The first-order valence-electron chi connectivity index (χ1n) is 9.37. The zero-order valence-corrected chi connectivity index (χ0v) is 16.8. The molecular weight excluding hydrogens is 384 g/mol. The quantitative estimate of drug-likeness (QED) is 0.482. The van der Waals surface area contributed by atoms with Crippen LogP contribution in [-0.4, -0.2) is 26.5 Å². The summed E-state index contributed by atoms with van der Waals surface area (Å²) in [5.74, 6) is 1.20. The Hall–Kier alpha value is -3.94. The predicted molar refractivity (Wildman–Crippen MR) is 109 cm³/mol. The number of aromatic nitrogens is 3. The van der Waals surface area contributed by atoms with Crippen molar-refractivity contribution < 1.29 is 18.4 Å². The van der Waals surface area contributed by atoms with Crippen LogP contribution in [0.5, 0.6) is 0 Å². The number of hydrogen-bond donors (Lipinski definition) is 1. The summed E-state index contributed by atoms with van der Waals surface area (Å²) in [6.45, 7) is 5.45. The van der Waals surface area contributed by atoms with E-state index in [9.17, 15) is 9.59 Å². The lowest BCUT2D eigenvalue weighted by Gasteiger charge is -2.03. The minimum atomic E-state index is -0.389. The number of Topliss-reactive ketones (excluding diaryl/α,β-unsaturated/α-hetero) is 1. The zero-order chi connectivity index (χ0) is 21.3. The number of nitrogens with zero attached hydrogens (tertiary/aromatic N) is 3. The smallest absolute Gasteiger partial charge is 0.278 e. The molecule has 30 heavy (non-hydrogen) atoms. The largest absolute Gasteiger partial charge is 0.456 e. The molecule has 1 aromatic carbocycles. The third-order valence-corrected chi connectivity index (χ3v) is 4.45. The Balaban J connectivity index is 1.50. The maximum atomic E-state index is 12.8. The van der Waals surface area contributed by atoms with Gasteiger partial charge in [-0.15, -0.1) is 0 Å². The van der Waals surface area contributed by atoms with E-state index in [0.717, 1.165) is 11.1 Å². The lowest BCUT2D eigenvalue weighted by atomic mass is 10.1. The highest BCUT2D eigenvalue weighted by atomic mass is 16.4. The summed E-state index contributed by atoms with van der Waals surface area (Å²) >= 11 is 0. The Kier molecular flexibility index (Phi) is 5.05. The molecule has 0 saturated heterocycles. The number of amides is 1. The minimum absolute atomic E-state index is 0.137. The van der Waals surface area contributed by atoms with Gasteiger partial charge in [0.2, 0.25) is 0 Å². The molecular formula is C22H20N4O4. The minimum Gasteiger partial charge on any atom is -0.456 e. The maximum absolute atomic E-state index is 12.8. The SMILES string of the molecule is CC(=O)c1ccc(Cn2cc(NC(=O)c3nc(C)oc3-c3cccc(C)c3)cn2)o1. The number of carbonyl (C=O) groups is 2. The molecule has 0 aliphatic rings. The van der Waals surface area contributed by atoms with Crippen molar-refractivity contribution in [1.29, 1.82) is 0 Å². The molecule has 152 valence electrons. The van der Waals surface area contributed by atoms with E-state index in [1.807, 2.05) is 31.2 Å². The number of furan rings is 1. The summed E-state index contributed by atoms with van der Waals surface area (Å²) < 4.78 is 12.8. The van der Waals surface area contributed by atoms with Crippen LogP contribution in [0.25, 0.3) is 11.3 Å². The normalized spacial score (nSPS) is 10.9. The van der Waals surface area contributed by atoms with E-state index in [0.29, 0.717) is 35.4 Å². The van der Waals surface area contributed by atoms with Crippen molar-refractivity contribution in [1.82, 2.24) is 14.8 Å². The molecule has 0 saturated carbocycles. The summed E-state index contributed by atoms with van der Waals surface area (Å²) in [5, 5.41) is 7.02. The fraction of sp³-hybridized carbons (Fsp3) is 0.182. The second-order valence-corrected chi connectivity index (χ2v) is 6.98. The lowest BCUT2D eigenvalue weighted by molar-refractivity contribution is 0.0983. The van der Waals surface area contributed by atoms with Crippen molar-refractivity contribution in [3.05, 3.63) is 77.5 Å². The summed E-state index contributed by atoms with van der Waals surface area (Å²) in [6, 6.07) is 11.0. The van der Waals surface area contributed by atoms with Gasteiger partial charge in [0.25, 0.3) is 5.91 Å². The second kappa shape index (κ2) is 7.82. The summed E-state index contributed by atoms with van der Waals surface area (Å²) in [6.07, 6.45) is 3.21. The van der Waals surface area contributed by atoms with E-state index in [1.165, 1.54) is 13.1 Å². The molecule has 8 heteroatoms. The van der Waals surface area contributed by atoms with Gasteiger partial charge in [-0.2, -0.15) is 5.10 Å². The van der Waals surface area contributed by atoms with Gasteiger partial charge in [0.1, 0.15) is 5.76 Å². The number of rotatable bonds is 6. The molecule has 4 rings (SSSR count). The van der Waals surface area contributed by atoms with E-state index in [1.54, 1.807) is 29.9 Å². The monoisotopic (exact) mass is 404 g/mol. The van der Waals surface area contributed by atoms with Crippen LogP contribution in [0.1, 0.15) is 45.2 Å². The molecule has 1 N–H and O–H groups in total. The molecule has 0 unspecified atom stereocenters. The lowest BCUT2D eigenvalue weighted by Crippen LogP contribution is -2.13. The number of oxazole rings is 1. The fourth-order valence-electron chi connectivity index (χ4n) is 3.08. The van der Waals surface area contributed by atoms with Crippen LogP contribution < -0.4 is 5.32 Å². The van der Waals surface area contributed by atoms with E-state index in [-0.39, 0.29) is 17.4 Å². The summed E-state index contributed by atoms with van der Waals surface area (Å²) in [4.78, 5) is 28.4. The molecule has 0 fully saturated rings. The molecule has 1 amide bonds. The van der Waals surface area contributed by atoms with Gasteiger partial charge in [-0.1, -0.05) is 23.8 Å². The highest BCUT2D eigenvalue weighted by Gasteiger charge is 2.21. The van der Waals surface area contributed by atoms with Crippen molar-refractivity contribution in [3.8, 4) is 11.3 Å². The fourth-order valence-corrected chi connectivity index (χ4v) is 3.08. The van der Waals surface area contributed by atoms with Crippen molar-refractivity contribution >= 4 is 17.4 Å². The van der Waals surface area contributed by atoms with Crippen molar-refractivity contribution in [2.75, 3.05) is 5.32 Å². The summed E-state index contributed by atoms with van der Waals surface area (Å²) in [7, 11) is 0. The zero-order valence-electron chi connectivity index (χ0n) is 16.8. The highest BCUT2D eigenvalue weighted by Crippen LogP contribution is 2.26. The number of aryl methyl sites for hydroxylation is 2.